The number of rotatable bonds is 4. The zero-order valence-corrected chi connectivity index (χ0v) is 15.3. The molecule has 128 valence electrons. The van der Waals surface area contributed by atoms with Gasteiger partial charge in [0.05, 0.1) is 6.42 Å². The number of nitrogens with zero attached hydrogens (tertiary/aromatic N) is 1. The van der Waals surface area contributed by atoms with Crippen LogP contribution >= 0.6 is 22.9 Å². The maximum atomic E-state index is 11.2. The Hall–Kier alpha value is -2.74. The number of carboxylic acids is 1. The van der Waals surface area contributed by atoms with Gasteiger partial charge in [0.1, 0.15) is 0 Å². The van der Waals surface area contributed by atoms with Crippen LogP contribution < -0.4 is 0 Å². The third kappa shape index (κ3) is 2.96. The molecule has 3 nitrogen and oxygen atoms in total. The first-order valence-electron chi connectivity index (χ1n) is 8.01. The number of halogens is 1. The summed E-state index contributed by atoms with van der Waals surface area (Å²) < 4.78 is 3.26. The average molecular weight is 380 g/mol. The lowest BCUT2D eigenvalue weighted by Gasteiger charge is -2.05. The molecule has 0 fully saturated rings. The topological polar surface area (TPSA) is 42.2 Å². The molecule has 2 aromatic carbocycles. The first kappa shape index (κ1) is 16.7. The summed E-state index contributed by atoms with van der Waals surface area (Å²) in [6.45, 7) is 0.645. The zero-order chi connectivity index (χ0) is 18.3. The molecular weight excluding hydrogens is 366 g/mol. The molecule has 2 heterocycles. The fourth-order valence-electron chi connectivity index (χ4n) is 3.26. The minimum atomic E-state index is -0.858. The molecule has 4 rings (SSSR count). The predicted molar refractivity (Wildman–Crippen MR) is 107 cm³/mol. The third-order valence-corrected chi connectivity index (χ3v) is 5.68. The van der Waals surface area contributed by atoms with Gasteiger partial charge in [-0.25, -0.2) is 0 Å². The van der Waals surface area contributed by atoms with Crippen LogP contribution in [0.25, 0.3) is 21.0 Å². The van der Waals surface area contributed by atoms with Gasteiger partial charge in [-0.15, -0.1) is 17.8 Å². The molecule has 0 aliphatic rings. The molecule has 26 heavy (non-hydrogen) atoms. The number of carboxylic acid groups (broad SMARTS) is 1. The van der Waals surface area contributed by atoms with E-state index in [1.807, 2.05) is 42.6 Å². The van der Waals surface area contributed by atoms with Crippen molar-refractivity contribution in [2.75, 3.05) is 0 Å². The van der Waals surface area contributed by atoms with Gasteiger partial charge < -0.3 is 9.67 Å². The summed E-state index contributed by atoms with van der Waals surface area (Å²) in [6, 6.07) is 11.6. The fraction of sp³-hybridized carbons (Fsp3) is 0.0952. The highest BCUT2D eigenvalue weighted by Gasteiger charge is 2.14. The van der Waals surface area contributed by atoms with Crippen molar-refractivity contribution in [3.05, 3.63) is 69.7 Å². The second kappa shape index (κ2) is 6.53. The highest BCUT2D eigenvalue weighted by atomic mass is 35.5. The standard InChI is InChI=1S/C21H14ClNO2S/c1-2-13-3-5-19-17(7-13)14(8-21(24)25)10-23(19)11-15-12-26-20-6-4-16(22)9-18(15)20/h1,3-7,9-10,12H,8,11H2,(H,24,25). The number of fused-ring (bicyclic) bond motifs is 2. The number of aromatic nitrogens is 1. The Labute approximate surface area is 159 Å². The lowest BCUT2D eigenvalue weighted by molar-refractivity contribution is -0.136. The molecule has 0 amide bonds. The first-order valence-corrected chi connectivity index (χ1v) is 9.26. The first-order chi connectivity index (χ1) is 12.5. The van der Waals surface area contributed by atoms with Gasteiger partial charge in [-0.05, 0) is 58.3 Å². The molecular formula is C21H14ClNO2S. The summed E-state index contributed by atoms with van der Waals surface area (Å²) in [5.74, 6) is 1.76. The molecule has 0 bridgehead atoms. The zero-order valence-electron chi connectivity index (χ0n) is 13.7. The van der Waals surface area contributed by atoms with Crippen LogP contribution in [0.5, 0.6) is 0 Å². The van der Waals surface area contributed by atoms with Crippen LogP contribution in [0.2, 0.25) is 5.02 Å². The maximum absolute atomic E-state index is 11.2. The van der Waals surface area contributed by atoms with Gasteiger partial charge in [0, 0.05) is 38.9 Å². The number of aliphatic carboxylic acids is 1. The summed E-state index contributed by atoms with van der Waals surface area (Å²) in [4.78, 5) is 11.2. The third-order valence-electron chi connectivity index (χ3n) is 4.43. The van der Waals surface area contributed by atoms with Crippen LogP contribution in [0.4, 0.5) is 0 Å². The van der Waals surface area contributed by atoms with Crippen LogP contribution in [-0.4, -0.2) is 15.6 Å². The Kier molecular flexibility index (Phi) is 4.20. The van der Waals surface area contributed by atoms with Gasteiger partial charge in [0.15, 0.2) is 0 Å². The normalized spacial score (nSPS) is 11.1. The van der Waals surface area contributed by atoms with E-state index in [2.05, 4.69) is 15.9 Å². The van der Waals surface area contributed by atoms with E-state index >= 15 is 0 Å². The van der Waals surface area contributed by atoms with E-state index in [4.69, 9.17) is 18.0 Å². The summed E-state index contributed by atoms with van der Waals surface area (Å²) in [6.07, 6.45) is 7.38. The van der Waals surface area contributed by atoms with Crippen LogP contribution in [0.15, 0.2) is 48.0 Å². The molecule has 4 aromatic rings. The number of benzene rings is 2. The van der Waals surface area contributed by atoms with Gasteiger partial charge in [0.2, 0.25) is 0 Å². The molecule has 0 saturated carbocycles. The van der Waals surface area contributed by atoms with E-state index in [0.29, 0.717) is 11.6 Å². The molecule has 0 aliphatic carbocycles. The molecule has 2 aromatic heterocycles. The van der Waals surface area contributed by atoms with Crippen molar-refractivity contribution < 1.29 is 9.90 Å². The minimum Gasteiger partial charge on any atom is -0.481 e. The highest BCUT2D eigenvalue weighted by Crippen LogP contribution is 2.31. The lowest BCUT2D eigenvalue weighted by Crippen LogP contribution is -2.00. The van der Waals surface area contributed by atoms with Crippen molar-refractivity contribution in [2.24, 2.45) is 0 Å². The number of thiophene rings is 1. The van der Waals surface area contributed by atoms with E-state index in [-0.39, 0.29) is 6.42 Å². The molecule has 0 aliphatic heterocycles. The van der Waals surface area contributed by atoms with Crippen molar-refractivity contribution in [1.29, 1.82) is 0 Å². The monoisotopic (exact) mass is 379 g/mol. The Morgan fingerprint density at radius 3 is 2.81 bits per heavy atom. The van der Waals surface area contributed by atoms with Gasteiger partial charge >= 0.3 is 5.97 Å². The number of hydrogen-bond donors (Lipinski definition) is 1. The lowest BCUT2D eigenvalue weighted by atomic mass is 10.1. The number of terminal acetylenes is 1. The largest absolute Gasteiger partial charge is 0.481 e. The van der Waals surface area contributed by atoms with E-state index < -0.39 is 5.97 Å². The second-order valence-electron chi connectivity index (χ2n) is 6.13. The Morgan fingerprint density at radius 1 is 1.19 bits per heavy atom. The smallest absolute Gasteiger partial charge is 0.307 e. The predicted octanol–water partition coefficient (Wildman–Crippen LogP) is 5.17. The van der Waals surface area contributed by atoms with E-state index in [1.165, 1.54) is 4.70 Å². The van der Waals surface area contributed by atoms with Crippen LogP contribution in [0, 0.1) is 12.3 Å². The van der Waals surface area contributed by atoms with Gasteiger partial charge in [-0.3, -0.25) is 4.79 Å². The molecule has 0 radical (unpaired) electrons. The average Bonchev–Trinajstić information content (AvgIpc) is 3.16. The van der Waals surface area contributed by atoms with Gasteiger partial charge in [-0.2, -0.15) is 0 Å². The van der Waals surface area contributed by atoms with Crippen LogP contribution in [0.1, 0.15) is 16.7 Å². The van der Waals surface area contributed by atoms with Crippen molar-refractivity contribution in [2.45, 2.75) is 13.0 Å². The minimum absolute atomic E-state index is 0.0340. The number of hydrogen-bond acceptors (Lipinski definition) is 2. The quantitative estimate of drug-likeness (QED) is 0.497. The highest BCUT2D eigenvalue weighted by molar-refractivity contribution is 7.17. The van der Waals surface area contributed by atoms with Crippen LogP contribution in [0.3, 0.4) is 0 Å². The number of carbonyl (C=O) groups is 1. The SMILES string of the molecule is C#Cc1ccc2c(c1)c(CC(=O)O)cn2Cc1csc2ccc(Cl)cc12. The summed E-state index contributed by atoms with van der Waals surface area (Å²) >= 11 is 7.83. The van der Waals surface area contributed by atoms with Crippen molar-refractivity contribution in [1.82, 2.24) is 4.57 Å². The van der Waals surface area contributed by atoms with E-state index in [9.17, 15) is 9.90 Å². The molecule has 1 N–H and O–H groups in total. The van der Waals surface area contributed by atoms with Gasteiger partial charge in [-0.1, -0.05) is 17.5 Å². The molecule has 0 unspecified atom stereocenters. The maximum Gasteiger partial charge on any atom is 0.307 e. The summed E-state index contributed by atoms with van der Waals surface area (Å²) in [5, 5.41) is 14.1. The van der Waals surface area contributed by atoms with Crippen molar-refractivity contribution >= 4 is 49.9 Å². The van der Waals surface area contributed by atoms with E-state index in [1.54, 1.807) is 11.3 Å². The van der Waals surface area contributed by atoms with Crippen LogP contribution in [-0.2, 0) is 17.8 Å². The molecule has 0 saturated heterocycles. The van der Waals surface area contributed by atoms with E-state index in [0.717, 1.165) is 33.0 Å². The Bertz CT molecular complexity index is 1200. The Morgan fingerprint density at radius 2 is 2.04 bits per heavy atom. The van der Waals surface area contributed by atoms with Crippen molar-refractivity contribution in [3.8, 4) is 12.3 Å². The molecule has 0 atom stereocenters. The molecule has 0 spiro atoms. The second-order valence-corrected chi connectivity index (χ2v) is 7.48. The fourth-order valence-corrected chi connectivity index (χ4v) is 4.36. The summed E-state index contributed by atoms with van der Waals surface area (Å²) in [5.41, 5.74) is 3.64. The molecule has 5 heteroatoms. The summed E-state index contributed by atoms with van der Waals surface area (Å²) in [7, 11) is 0. The van der Waals surface area contributed by atoms with Gasteiger partial charge in [0.25, 0.3) is 0 Å². The van der Waals surface area contributed by atoms with Crippen molar-refractivity contribution in [3.63, 3.8) is 0 Å². The Balaban J connectivity index is 1.84.